The van der Waals surface area contributed by atoms with Crippen LogP contribution < -0.4 is 10.2 Å². The number of nitrogens with zero attached hydrogens (tertiary/aromatic N) is 3. The van der Waals surface area contributed by atoms with Crippen molar-refractivity contribution in [3.8, 4) is 0 Å². The molecule has 11 nitrogen and oxygen atoms in total. The van der Waals surface area contributed by atoms with E-state index in [-0.39, 0.29) is 24.6 Å². The first kappa shape index (κ1) is 21.7. The quantitative estimate of drug-likeness (QED) is 0.306. The number of nitro groups is 2. The average molecular weight is 428 g/mol. The summed E-state index contributed by atoms with van der Waals surface area (Å²) in [5, 5.41) is 25.1. The second-order valence-corrected chi connectivity index (χ2v) is 7.47. The van der Waals surface area contributed by atoms with Gasteiger partial charge in [-0.05, 0) is 32.4 Å². The Balaban J connectivity index is 1.66. The van der Waals surface area contributed by atoms with E-state index in [2.05, 4.69) is 5.32 Å². The highest BCUT2D eigenvalue weighted by molar-refractivity contribution is 6.07. The third-order valence-electron chi connectivity index (χ3n) is 4.74. The lowest BCUT2D eigenvalue weighted by molar-refractivity contribution is -0.394. The topological polar surface area (TPSA) is 145 Å². The first-order valence-corrected chi connectivity index (χ1v) is 9.40. The fraction of sp³-hybridized carbons (Fsp3) is 0.300. The number of para-hydroxylation sites is 2. The number of carbonyl (C=O) groups is 2. The summed E-state index contributed by atoms with van der Waals surface area (Å²) in [6, 6.07) is 9.97. The number of non-ortho nitro benzene ring substituents is 2. The maximum Gasteiger partial charge on any atom is 0.338 e. The molecule has 31 heavy (non-hydrogen) atoms. The second kappa shape index (κ2) is 8.38. The summed E-state index contributed by atoms with van der Waals surface area (Å²) in [6.07, 6.45) is 0.304. The molecular weight excluding hydrogens is 408 g/mol. The monoisotopic (exact) mass is 428 g/mol. The standard InChI is InChI=1S/C20H20N4O7/c1-20(2)19(26)22(17-7-4-3-6-16(17)21-20)8-5-9-31-18(25)13-10-14(23(27)28)12-15(11-13)24(29)30/h3-4,6-7,10-12,21H,5,8-9H2,1-2H3. The van der Waals surface area contributed by atoms with E-state index in [0.717, 1.165) is 23.9 Å². The number of amides is 1. The zero-order valence-corrected chi connectivity index (χ0v) is 16.9. The Bertz CT molecular complexity index is 1030. The van der Waals surface area contributed by atoms with Crippen LogP contribution >= 0.6 is 0 Å². The Hall–Kier alpha value is -4.02. The van der Waals surface area contributed by atoms with Crippen LogP contribution in [0.25, 0.3) is 0 Å². The second-order valence-electron chi connectivity index (χ2n) is 7.47. The van der Waals surface area contributed by atoms with Gasteiger partial charge >= 0.3 is 5.97 Å². The molecule has 0 spiro atoms. The number of fused-ring (bicyclic) bond motifs is 1. The molecule has 0 saturated carbocycles. The summed E-state index contributed by atoms with van der Waals surface area (Å²) in [5.74, 6) is -1.05. The normalized spacial score (nSPS) is 14.4. The number of carbonyl (C=O) groups excluding carboxylic acids is 2. The lowest BCUT2D eigenvalue weighted by Gasteiger charge is -2.39. The Morgan fingerprint density at radius 3 is 2.32 bits per heavy atom. The summed E-state index contributed by atoms with van der Waals surface area (Å²) < 4.78 is 5.13. The predicted octanol–water partition coefficient (Wildman–Crippen LogP) is 3.29. The van der Waals surface area contributed by atoms with Crippen molar-refractivity contribution in [3.05, 3.63) is 68.3 Å². The minimum atomic E-state index is -0.917. The minimum absolute atomic E-state index is 0.0743. The molecule has 2 aromatic rings. The number of benzene rings is 2. The van der Waals surface area contributed by atoms with Gasteiger partial charge in [0, 0.05) is 18.7 Å². The fourth-order valence-electron chi connectivity index (χ4n) is 3.27. The number of rotatable bonds is 7. The highest BCUT2D eigenvalue weighted by atomic mass is 16.6. The lowest BCUT2D eigenvalue weighted by atomic mass is 9.98. The summed E-state index contributed by atoms with van der Waals surface area (Å²) in [6.45, 7) is 3.75. The molecule has 1 amide bonds. The maximum atomic E-state index is 12.8. The molecule has 0 radical (unpaired) electrons. The molecule has 0 aliphatic carbocycles. The number of hydrogen-bond donors (Lipinski definition) is 1. The largest absolute Gasteiger partial charge is 0.462 e. The smallest absolute Gasteiger partial charge is 0.338 e. The minimum Gasteiger partial charge on any atom is -0.462 e. The van der Waals surface area contributed by atoms with E-state index in [1.165, 1.54) is 0 Å². The molecule has 0 atom stereocenters. The maximum absolute atomic E-state index is 12.8. The van der Waals surface area contributed by atoms with Crippen LogP contribution in [0.1, 0.15) is 30.6 Å². The molecule has 0 saturated heterocycles. The molecule has 0 aromatic heterocycles. The van der Waals surface area contributed by atoms with Gasteiger partial charge in [-0.1, -0.05) is 12.1 Å². The van der Waals surface area contributed by atoms with Crippen LogP contribution in [0.5, 0.6) is 0 Å². The number of esters is 1. The van der Waals surface area contributed by atoms with Crippen molar-refractivity contribution < 1.29 is 24.2 Å². The van der Waals surface area contributed by atoms with E-state index in [9.17, 15) is 29.8 Å². The summed E-state index contributed by atoms with van der Waals surface area (Å²) in [5.41, 5.74) is -0.712. The van der Waals surface area contributed by atoms with Crippen molar-refractivity contribution in [2.24, 2.45) is 0 Å². The third-order valence-corrected chi connectivity index (χ3v) is 4.74. The van der Waals surface area contributed by atoms with Gasteiger partial charge in [0.25, 0.3) is 17.3 Å². The fourth-order valence-corrected chi connectivity index (χ4v) is 3.27. The zero-order valence-electron chi connectivity index (χ0n) is 16.9. The van der Waals surface area contributed by atoms with Crippen LogP contribution in [0.15, 0.2) is 42.5 Å². The summed E-state index contributed by atoms with van der Waals surface area (Å²) in [7, 11) is 0. The van der Waals surface area contributed by atoms with Gasteiger partial charge in [0.05, 0.1) is 39.5 Å². The number of hydrogen-bond acceptors (Lipinski definition) is 8. The first-order valence-electron chi connectivity index (χ1n) is 9.40. The van der Waals surface area contributed by atoms with E-state index < -0.39 is 32.7 Å². The molecule has 162 valence electrons. The Morgan fingerprint density at radius 2 is 1.71 bits per heavy atom. The van der Waals surface area contributed by atoms with Crippen LogP contribution in [0, 0.1) is 20.2 Å². The van der Waals surface area contributed by atoms with Crippen molar-refractivity contribution in [3.63, 3.8) is 0 Å². The molecule has 0 fully saturated rings. The summed E-state index contributed by atoms with van der Waals surface area (Å²) in [4.78, 5) is 46.9. The molecule has 1 heterocycles. The molecule has 2 aromatic carbocycles. The summed E-state index contributed by atoms with van der Waals surface area (Å²) >= 11 is 0. The number of nitro benzene ring substituents is 2. The van der Waals surface area contributed by atoms with Crippen molar-refractivity contribution in [2.75, 3.05) is 23.4 Å². The first-order chi connectivity index (χ1) is 14.6. The van der Waals surface area contributed by atoms with E-state index >= 15 is 0 Å². The Labute approximate surface area is 176 Å². The van der Waals surface area contributed by atoms with Gasteiger partial charge < -0.3 is 15.0 Å². The van der Waals surface area contributed by atoms with Crippen LogP contribution in [-0.4, -0.2) is 40.4 Å². The van der Waals surface area contributed by atoms with Gasteiger partial charge in [-0.25, -0.2) is 4.79 Å². The molecule has 1 aliphatic rings. The highest BCUT2D eigenvalue weighted by Crippen LogP contribution is 2.35. The molecule has 11 heteroatoms. The Morgan fingerprint density at radius 1 is 1.10 bits per heavy atom. The van der Waals surface area contributed by atoms with Crippen molar-refractivity contribution in [2.45, 2.75) is 25.8 Å². The van der Waals surface area contributed by atoms with Crippen molar-refractivity contribution in [1.29, 1.82) is 0 Å². The number of nitrogens with one attached hydrogen (secondary N) is 1. The average Bonchev–Trinajstić information content (AvgIpc) is 2.72. The van der Waals surface area contributed by atoms with Gasteiger partial charge in [0.2, 0.25) is 0 Å². The van der Waals surface area contributed by atoms with Gasteiger partial charge in [-0.3, -0.25) is 25.0 Å². The Kier molecular flexibility index (Phi) is 5.86. The van der Waals surface area contributed by atoms with Crippen LogP contribution in [0.3, 0.4) is 0 Å². The molecular formula is C20H20N4O7. The van der Waals surface area contributed by atoms with Crippen molar-refractivity contribution >= 4 is 34.6 Å². The number of anilines is 2. The van der Waals surface area contributed by atoms with Crippen LogP contribution in [0.4, 0.5) is 22.7 Å². The molecule has 0 bridgehead atoms. The van der Waals surface area contributed by atoms with Gasteiger partial charge in [0.1, 0.15) is 5.54 Å². The van der Waals surface area contributed by atoms with Crippen molar-refractivity contribution in [1.82, 2.24) is 0 Å². The van der Waals surface area contributed by atoms with Gasteiger partial charge in [-0.2, -0.15) is 0 Å². The molecule has 1 N–H and O–H groups in total. The van der Waals surface area contributed by atoms with E-state index in [1.54, 1.807) is 18.7 Å². The van der Waals surface area contributed by atoms with Crippen LogP contribution in [-0.2, 0) is 9.53 Å². The molecule has 0 unspecified atom stereocenters. The SMILES string of the molecule is CC1(C)Nc2ccccc2N(CCCOC(=O)c2cc([N+](=O)[O-])cc([N+](=O)[O-])c2)C1=O. The predicted molar refractivity (Wildman–Crippen MR) is 111 cm³/mol. The molecule has 3 rings (SSSR count). The number of ether oxygens (including phenoxy) is 1. The lowest BCUT2D eigenvalue weighted by Crippen LogP contribution is -2.54. The van der Waals surface area contributed by atoms with E-state index in [1.807, 2.05) is 24.3 Å². The van der Waals surface area contributed by atoms with E-state index in [0.29, 0.717) is 12.1 Å². The molecule has 1 aliphatic heterocycles. The van der Waals surface area contributed by atoms with Gasteiger partial charge in [-0.15, -0.1) is 0 Å². The van der Waals surface area contributed by atoms with E-state index in [4.69, 9.17) is 4.74 Å². The van der Waals surface area contributed by atoms with Gasteiger partial charge in [0.15, 0.2) is 0 Å². The third kappa shape index (κ3) is 4.60. The van der Waals surface area contributed by atoms with Crippen LogP contribution in [0.2, 0.25) is 0 Å². The zero-order chi connectivity index (χ0) is 22.8. The highest BCUT2D eigenvalue weighted by Gasteiger charge is 2.38.